The number of carbonyl (C=O) groups is 2. The van der Waals surface area contributed by atoms with E-state index >= 15 is 0 Å². The van der Waals surface area contributed by atoms with Crippen LogP contribution >= 0.6 is 0 Å². The van der Waals surface area contributed by atoms with Crippen LogP contribution in [0, 0.1) is 5.92 Å². The highest BCUT2D eigenvalue weighted by Gasteiger charge is 2.38. The molecule has 1 aliphatic heterocycles. The first-order chi connectivity index (χ1) is 10.6. The van der Waals surface area contributed by atoms with Gasteiger partial charge in [-0.15, -0.1) is 0 Å². The van der Waals surface area contributed by atoms with Crippen molar-refractivity contribution in [2.45, 2.75) is 71.5 Å². The molecule has 0 atom stereocenters. The van der Waals surface area contributed by atoms with E-state index in [0.29, 0.717) is 0 Å². The number of esters is 2. The van der Waals surface area contributed by atoms with Gasteiger partial charge in [0.2, 0.25) is 0 Å². The molecule has 0 aromatic carbocycles. The fraction of sp³-hybridized carbons (Fsp3) is 0.824. The maximum absolute atomic E-state index is 12.0. The summed E-state index contributed by atoms with van der Waals surface area (Å²) in [6, 6.07) is 0.0487. The first-order valence-electron chi connectivity index (χ1n) is 8.26. The van der Waals surface area contributed by atoms with Crippen molar-refractivity contribution in [2.75, 3.05) is 13.2 Å². The van der Waals surface area contributed by atoms with Crippen LogP contribution in [0.15, 0.2) is 4.99 Å². The highest BCUT2D eigenvalue weighted by atomic mass is 16.6. The molecule has 1 aliphatic rings. The summed E-state index contributed by atoms with van der Waals surface area (Å²) in [6.07, 6.45) is 3.08. The number of hydrogen-bond donors (Lipinski definition) is 1. The van der Waals surface area contributed by atoms with Gasteiger partial charge < -0.3 is 14.8 Å². The van der Waals surface area contributed by atoms with Crippen LogP contribution in [-0.4, -0.2) is 48.5 Å². The fourth-order valence-electron chi connectivity index (χ4n) is 3.26. The summed E-state index contributed by atoms with van der Waals surface area (Å²) < 4.78 is 9.90. The lowest BCUT2D eigenvalue weighted by Gasteiger charge is -2.45. The average Bonchev–Trinajstić information content (AvgIpc) is 2.35. The molecule has 1 N–H and O–H groups in total. The molecule has 0 unspecified atom stereocenters. The van der Waals surface area contributed by atoms with Gasteiger partial charge in [0.25, 0.3) is 0 Å². The van der Waals surface area contributed by atoms with Gasteiger partial charge in [-0.05, 0) is 54.4 Å². The predicted molar refractivity (Wildman–Crippen MR) is 89.6 cm³/mol. The number of piperidine rings is 1. The van der Waals surface area contributed by atoms with Gasteiger partial charge in [0, 0.05) is 17.3 Å². The zero-order valence-electron chi connectivity index (χ0n) is 15.1. The van der Waals surface area contributed by atoms with Gasteiger partial charge in [-0.3, -0.25) is 14.6 Å². The lowest BCUT2D eigenvalue weighted by molar-refractivity contribution is -0.157. The predicted octanol–water partition coefficient (Wildman–Crippen LogP) is 2.11. The van der Waals surface area contributed by atoms with Crippen molar-refractivity contribution in [3.05, 3.63) is 0 Å². The van der Waals surface area contributed by atoms with Crippen LogP contribution in [-0.2, 0) is 19.1 Å². The molecule has 0 aromatic heterocycles. The van der Waals surface area contributed by atoms with E-state index in [1.165, 1.54) is 6.21 Å². The van der Waals surface area contributed by atoms with E-state index in [1.54, 1.807) is 13.8 Å². The van der Waals surface area contributed by atoms with Crippen molar-refractivity contribution >= 4 is 18.2 Å². The van der Waals surface area contributed by atoms with Gasteiger partial charge >= 0.3 is 11.9 Å². The summed E-state index contributed by atoms with van der Waals surface area (Å²) in [5.74, 6) is -2.31. The molecule has 0 aliphatic carbocycles. The summed E-state index contributed by atoms with van der Waals surface area (Å²) >= 11 is 0. The lowest BCUT2D eigenvalue weighted by atomic mass is 9.80. The summed E-state index contributed by atoms with van der Waals surface area (Å²) in [5.41, 5.74) is -0.0970. The Labute approximate surface area is 139 Å². The number of ether oxygens (including phenoxy) is 2. The minimum Gasteiger partial charge on any atom is -0.465 e. The van der Waals surface area contributed by atoms with Crippen molar-refractivity contribution < 1.29 is 19.1 Å². The molecular formula is C17H30N2O4. The molecule has 23 heavy (non-hydrogen) atoms. The standard InChI is InChI=1S/C17H30N2O4/c1-7-22-14(20)13(15(21)23-8-2)11-18-12-9-16(3,4)19-17(5,6)10-12/h11-13,19H,7-10H2,1-6H3. The van der Waals surface area contributed by atoms with Crippen molar-refractivity contribution in [1.82, 2.24) is 5.32 Å². The van der Waals surface area contributed by atoms with Crippen LogP contribution in [0.5, 0.6) is 0 Å². The Morgan fingerprint density at radius 1 is 1.09 bits per heavy atom. The zero-order valence-corrected chi connectivity index (χ0v) is 15.1. The molecule has 0 amide bonds. The number of nitrogens with one attached hydrogen (secondary N) is 1. The molecule has 1 heterocycles. The van der Waals surface area contributed by atoms with E-state index < -0.39 is 17.9 Å². The lowest BCUT2D eigenvalue weighted by Crippen LogP contribution is -2.58. The Hall–Kier alpha value is -1.43. The third kappa shape index (κ3) is 6.29. The molecule has 0 spiro atoms. The number of aliphatic imine (C=N–C) groups is 1. The zero-order chi connectivity index (χ0) is 17.7. The highest BCUT2D eigenvalue weighted by Crippen LogP contribution is 2.30. The number of rotatable bonds is 6. The highest BCUT2D eigenvalue weighted by molar-refractivity contribution is 6.09. The molecular weight excluding hydrogens is 296 g/mol. The normalized spacial score (nSPS) is 20.7. The molecule has 6 heteroatoms. The summed E-state index contributed by atoms with van der Waals surface area (Å²) in [7, 11) is 0. The number of hydrogen-bond acceptors (Lipinski definition) is 6. The molecule has 6 nitrogen and oxygen atoms in total. The maximum atomic E-state index is 12.0. The minimum atomic E-state index is -1.09. The van der Waals surface area contributed by atoms with Crippen molar-refractivity contribution in [3.63, 3.8) is 0 Å². The topological polar surface area (TPSA) is 77.0 Å². The Balaban J connectivity index is 2.87. The quantitative estimate of drug-likeness (QED) is 0.459. The fourth-order valence-corrected chi connectivity index (χ4v) is 3.26. The van der Waals surface area contributed by atoms with Crippen molar-refractivity contribution in [3.8, 4) is 0 Å². The molecule has 0 bridgehead atoms. The molecule has 1 saturated heterocycles. The maximum Gasteiger partial charge on any atom is 0.325 e. The first kappa shape index (κ1) is 19.6. The van der Waals surface area contributed by atoms with Gasteiger partial charge in [0.05, 0.1) is 19.3 Å². The Morgan fingerprint density at radius 3 is 1.91 bits per heavy atom. The van der Waals surface area contributed by atoms with Crippen LogP contribution in [0.1, 0.15) is 54.4 Å². The van der Waals surface area contributed by atoms with Crippen LogP contribution in [0.3, 0.4) is 0 Å². The van der Waals surface area contributed by atoms with E-state index in [-0.39, 0.29) is 30.3 Å². The molecule has 0 saturated carbocycles. The number of nitrogens with zero attached hydrogens (tertiary/aromatic N) is 1. The van der Waals surface area contributed by atoms with Crippen LogP contribution in [0.2, 0.25) is 0 Å². The summed E-state index contributed by atoms with van der Waals surface area (Å²) in [6.45, 7) is 12.4. The first-order valence-corrected chi connectivity index (χ1v) is 8.26. The smallest absolute Gasteiger partial charge is 0.325 e. The van der Waals surface area contributed by atoms with Crippen molar-refractivity contribution in [1.29, 1.82) is 0 Å². The molecule has 1 rings (SSSR count). The molecule has 0 radical (unpaired) electrons. The number of carbonyl (C=O) groups excluding carboxylic acids is 2. The Kier molecular flexibility index (Phi) is 6.74. The van der Waals surface area contributed by atoms with E-state index in [2.05, 4.69) is 38.0 Å². The Bertz CT molecular complexity index is 424. The van der Waals surface area contributed by atoms with E-state index in [9.17, 15) is 9.59 Å². The van der Waals surface area contributed by atoms with E-state index in [4.69, 9.17) is 9.47 Å². The average molecular weight is 326 g/mol. The second-order valence-corrected chi connectivity index (χ2v) is 7.23. The Morgan fingerprint density at radius 2 is 1.52 bits per heavy atom. The third-order valence-corrected chi connectivity index (χ3v) is 3.70. The van der Waals surface area contributed by atoms with E-state index in [0.717, 1.165) is 12.8 Å². The summed E-state index contributed by atoms with van der Waals surface area (Å²) in [4.78, 5) is 28.4. The van der Waals surface area contributed by atoms with Crippen LogP contribution in [0.25, 0.3) is 0 Å². The van der Waals surface area contributed by atoms with E-state index in [1.807, 2.05) is 0 Å². The SMILES string of the molecule is CCOC(=O)C(C=NC1CC(C)(C)NC(C)(C)C1)C(=O)OCC. The van der Waals surface area contributed by atoms with Gasteiger partial charge in [-0.25, -0.2) is 0 Å². The van der Waals surface area contributed by atoms with Crippen LogP contribution < -0.4 is 5.32 Å². The monoisotopic (exact) mass is 326 g/mol. The van der Waals surface area contributed by atoms with Gasteiger partial charge in [-0.1, -0.05) is 0 Å². The molecule has 132 valence electrons. The van der Waals surface area contributed by atoms with Gasteiger partial charge in [0.15, 0.2) is 5.92 Å². The third-order valence-electron chi connectivity index (χ3n) is 3.70. The summed E-state index contributed by atoms with van der Waals surface area (Å²) in [5, 5.41) is 3.58. The van der Waals surface area contributed by atoms with Crippen molar-refractivity contribution in [2.24, 2.45) is 10.9 Å². The minimum absolute atomic E-state index is 0.0485. The van der Waals surface area contributed by atoms with Gasteiger partial charge in [-0.2, -0.15) is 0 Å². The van der Waals surface area contributed by atoms with Gasteiger partial charge in [0.1, 0.15) is 0 Å². The second kappa shape index (κ2) is 7.90. The van der Waals surface area contributed by atoms with Crippen LogP contribution in [0.4, 0.5) is 0 Å². The molecule has 0 aromatic rings. The molecule has 1 fully saturated rings. The second-order valence-electron chi connectivity index (χ2n) is 7.23. The largest absolute Gasteiger partial charge is 0.465 e.